The second-order valence-electron chi connectivity index (χ2n) is 7.45. The van der Waals surface area contributed by atoms with E-state index in [0.717, 1.165) is 37.7 Å². The van der Waals surface area contributed by atoms with E-state index in [9.17, 15) is 23.1 Å². The highest BCUT2D eigenvalue weighted by Crippen LogP contribution is 2.34. The number of halogens is 3. The first-order chi connectivity index (χ1) is 12.5. The summed E-state index contributed by atoms with van der Waals surface area (Å²) in [5.41, 5.74) is 0.820. The van der Waals surface area contributed by atoms with Crippen LogP contribution < -0.4 is 0 Å². The van der Waals surface area contributed by atoms with E-state index in [1.165, 1.54) is 18.6 Å². The van der Waals surface area contributed by atoms with Crippen molar-refractivity contribution < 1.29 is 23.1 Å². The van der Waals surface area contributed by atoms with Crippen molar-refractivity contribution in [3.8, 4) is 0 Å². The Kier molecular flexibility index (Phi) is 11.6. The summed E-state index contributed by atoms with van der Waals surface area (Å²) >= 11 is 0. The minimum atomic E-state index is -4.10. The number of aliphatic hydroxyl groups is 1. The summed E-state index contributed by atoms with van der Waals surface area (Å²) in [6.07, 6.45) is 0.473. The summed E-state index contributed by atoms with van der Waals surface area (Å²) < 4.78 is 35.5. The maximum atomic E-state index is 11.8. The number of benzene rings is 1. The molecule has 27 heavy (non-hydrogen) atoms. The molecule has 0 aliphatic heterocycles. The molecule has 0 heterocycles. The SMILES string of the molecule is CCC.CCC1(O)CCC(C(C)=O)CC1.Cc1ccc(CC(F)(F)F)cc1. The lowest BCUT2D eigenvalue weighted by Crippen LogP contribution is -2.34. The van der Waals surface area contributed by atoms with Crippen LogP contribution in [0.4, 0.5) is 13.2 Å². The van der Waals surface area contributed by atoms with Crippen LogP contribution in [-0.2, 0) is 11.2 Å². The van der Waals surface area contributed by atoms with E-state index in [1.807, 2.05) is 13.8 Å². The highest BCUT2D eigenvalue weighted by atomic mass is 19.4. The zero-order valence-electron chi connectivity index (χ0n) is 17.3. The van der Waals surface area contributed by atoms with Crippen LogP contribution in [0.3, 0.4) is 0 Å². The van der Waals surface area contributed by atoms with Gasteiger partial charge in [0.05, 0.1) is 12.0 Å². The molecular weight excluding hydrogens is 353 g/mol. The number of Topliss-reactive ketones (excluding diaryl/α,β-unsaturated/α-hetero) is 1. The van der Waals surface area contributed by atoms with Crippen LogP contribution >= 0.6 is 0 Å². The van der Waals surface area contributed by atoms with Gasteiger partial charge in [-0.05, 0) is 51.5 Å². The van der Waals surface area contributed by atoms with Gasteiger partial charge >= 0.3 is 6.18 Å². The van der Waals surface area contributed by atoms with Gasteiger partial charge < -0.3 is 5.11 Å². The molecule has 156 valence electrons. The lowest BCUT2D eigenvalue weighted by Gasteiger charge is -2.34. The van der Waals surface area contributed by atoms with E-state index in [-0.39, 0.29) is 11.7 Å². The molecular formula is C22H35F3O2. The topological polar surface area (TPSA) is 37.3 Å². The summed E-state index contributed by atoms with van der Waals surface area (Å²) in [5, 5.41) is 9.87. The first-order valence-corrected chi connectivity index (χ1v) is 9.81. The Labute approximate surface area is 162 Å². The number of hydrogen-bond donors (Lipinski definition) is 1. The van der Waals surface area contributed by atoms with Gasteiger partial charge in [0.2, 0.25) is 0 Å². The van der Waals surface area contributed by atoms with Crippen LogP contribution in [0.1, 0.15) is 77.3 Å². The molecule has 0 radical (unpaired) electrons. The average molecular weight is 389 g/mol. The first kappa shape index (κ1) is 25.6. The van der Waals surface area contributed by atoms with Crippen molar-refractivity contribution in [2.45, 2.75) is 91.3 Å². The minimum Gasteiger partial charge on any atom is -0.390 e. The number of hydrogen-bond acceptors (Lipinski definition) is 2. The molecule has 1 N–H and O–H groups in total. The normalized spacial score (nSPS) is 22.0. The third-order valence-corrected chi connectivity index (χ3v) is 4.67. The zero-order valence-corrected chi connectivity index (χ0v) is 17.3. The van der Waals surface area contributed by atoms with Gasteiger partial charge in [0.15, 0.2) is 0 Å². The van der Waals surface area contributed by atoms with E-state index < -0.39 is 18.2 Å². The summed E-state index contributed by atoms with van der Waals surface area (Å²) in [7, 11) is 0. The Hall–Kier alpha value is -1.36. The van der Waals surface area contributed by atoms with Gasteiger partial charge in [0, 0.05) is 5.92 Å². The fourth-order valence-corrected chi connectivity index (χ4v) is 2.85. The predicted octanol–water partition coefficient (Wildman–Crippen LogP) is 6.42. The number of carbonyl (C=O) groups excluding carboxylic acids is 1. The molecule has 0 bridgehead atoms. The van der Waals surface area contributed by atoms with Crippen LogP contribution in [-0.4, -0.2) is 22.7 Å². The standard InChI is InChI=1S/C10H18O2.C9H9F3.C3H8/c1-3-10(12)6-4-9(5-7-10)8(2)11;1-7-2-4-8(5-3-7)6-9(10,11)12;1-3-2/h9,12H,3-7H2,1-2H3;2-5H,6H2,1H3;3H2,1-2H3. The number of ketones is 1. The van der Waals surface area contributed by atoms with Gasteiger partial charge in [-0.25, -0.2) is 0 Å². The molecule has 1 aliphatic rings. The van der Waals surface area contributed by atoms with Crippen LogP contribution in [0.2, 0.25) is 0 Å². The predicted molar refractivity (Wildman–Crippen MR) is 105 cm³/mol. The van der Waals surface area contributed by atoms with Crippen LogP contribution in [0.25, 0.3) is 0 Å². The number of alkyl halides is 3. The van der Waals surface area contributed by atoms with Gasteiger partial charge in [-0.15, -0.1) is 0 Å². The van der Waals surface area contributed by atoms with E-state index in [2.05, 4.69) is 13.8 Å². The summed E-state index contributed by atoms with van der Waals surface area (Å²) in [5.74, 6) is 0.505. The Morgan fingerprint density at radius 3 is 1.89 bits per heavy atom. The van der Waals surface area contributed by atoms with Crippen molar-refractivity contribution >= 4 is 5.78 Å². The van der Waals surface area contributed by atoms with Gasteiger partial charge in [-0.2, -0.15) is 13.2 Å². The molecule has 0 atom stereocenters. The zero-order chi connectivity index (χ0) is 21.1. The van der Waals surface area contributed by atoms with E-state index in [0.29, 0.717) is 5.56 Å². The molecule has 2 rings (SSSR count). The summed E-state index contributed by atoms with van der Waals surface area (Å²) in [6.45, 7) is 9.76. The van der Waals surface area contributed by atoms with Crippen molar-refractivity contribution in [3.63, 3.8) is 0 Å². The van der Waals surface area contributed by atoms with Crippen LogP contribution in [0, 0.1) is 12.8 Å². The maximum Gasteiger partial charge on any atom is 0.393 e. The van der Waals surface area contributed by atoms with Crippen molar-refractivity contribution in [1.82, 2.24) is 0 Å². The molecule has 1 aromatic rings. The average Bonchev–Trinajstić information content (AvgIpc) is 2.57. The highest BCUT2D eigenvalue weighted by molar-refractivity contribution is 5.78. The lowest BCUT2D eigenvalue weighted by molar-refractivity contribution is -0.127. The Morgan fingerprint density at radius 2 is 1.56 bits per heavy atom. The van der Waals surface area contributed by atoms with E-state index in [1.54, 1.807) is 19.1 Å². The van der Waals surface area contributed by atoms with Crippen LogP contribution in [0.5, 0.6) is 0 Å². The first-order valence-electron chi connectivity index (χ1n) is 9.81. The Morgan fingerprint density at radius 1 is 1.11 bits per heavy atom. The van der Waals surface area contributed by atoms with Crippen molar-refractivity contribution in [3.05, 3.63) is 35.4 Å². The third-order valence-electron chi connectivity index (χ3n) is 4.67. The molecule has 1 saturated carbocycles. The number of rotatable bonds is 3. The molecule has 1 aromatic carbocycles. The molecule has 5 heteroatoms. The third kappa shape index (κ3) is 11.9. The molecule has 0 amide bonds. The summed E-state index contributed by atoms with van der Waals surface area (Å²) in [4.78, 5) is 11.0. The van der Waals surface area contributed by atoms with E-state index in [4.69, 9.17) is 0 Å². The largest absolute Gasteiger partial charge is 0.393 e. The van der Waals surface area contributed by atoms with Crippen molar-refractivity contribution in [1.29, 1.82) is 0 Å². The number of aryl methyl sites for hydroxylation is 1. The van der Waals surface area contributed by atoms with E-state index >= 15 is 0 Å². The van der Waals surface area contributed by atoms with Crippen molar-refractivity contribution in [2.24, 2.45) is 5.92 Å². The lowest BCUT2D eigenvalue weighted by atomic mass is 9.76. The number of carbonyl (C=O) groups is 1. The van der Waals surface area contributed by atoms with Gasteiger partial charge in [0.25, 0.3) is 0 Å². The van der Waals surface area contributed by atoms with Gasteiger partial charge in [-0.1, -0.05) is 57.0 Å². The smallest absolute Gasteiger partial charge is 0.390 e. The molecule has 0 unspecified atom stereocenters. The Bertz CT molecular complexity index is 527. The Balaban J connectivity index is 0.000000438. The highest BCUT2D eigenvalue weighted by Gasteiger charge is 2.32. The second-order valence-corrected chi connectivity index (χ2v) is 7.45. The van der Waals surface area contributed by atoms with Crippen molar-refractivity contribution in [2.75, 3.05) is 0 Å². The van der Waals surface area contributed by atoms with Crippen LogP contribution in [0.15, 0.2) is 24.3 Å². The minimum absolute atomic E-state index is 0.219. The molecule has 0 saturated heterocycles. The molecule has 1 aliphatic carbocycles. The molecule has 0 spiro atoms. The van der Waals surface area contributed by atoms with Gasteiger partial charge in [0.1, 0.15) is 5.78 Å². The monoisotopic (exact) mass is 388 g/mol. The molecule has 2 nitrogen and oxygen atoms in total. The maximum absolute atomic E-state index is 11.8. The second kappa shape index (κ2) is 12.2. The fourth-order valence-electron chi connectivity index (χ4n) is 2.85. The van der Waals surface area contributed by atoms with Gasteiger partial charge in [-0.3, -0.25) is 4.79 Å². The summed E-state index contributed by atoms with van der Waals surface area (Å²) in [6, 6.07) is 6.37. The molecule has 0 aromatic heterocycles. The molecule has 1 fully saturated rings. The fraction of sp³-hybridized carbons (Fsp3) is 0.682. The quantitative estimate of drug-likeness (QED) is 0.648.